The number of hydrogen-bond acceptors (Lipinski definition) is 6. The maximum absolute atomic E-state index is 5.41. The normalized spacial score (nSPS) is 19.7. The summed E-state index contributed by atoms with van der Waals surface area (Å²) in [6.07, 6.45) is 9.34. The largest absolute Gasteiger partial charge is 0.481 e. The Hall–Kier alpha value is -3.16. The van der Waals surface area contributed by atoms with Gasteiger partial charge in [0.25, 0.3) is 0 Å². The summed E-state index contributed by atoms with van der Waals surface area (Å²) in [4.78, 5) is 11.3. The first-order valence-electron chi connectivity index (χ1n) is 10.6. The van der Waals surface area contributed by atoms with Crippen LogP contribution in [-0.2, 0) is 6.54 Å². The van der Waals surface area contributed by atoms with Crippen molar-refractivity contribution in [3.63, 3.8) is 0 Å². The van der Waals surface area contributed by atoms with Crippen LogP contribution >= 0.6 is 0 Å². The maximum atomic E-state index is 5.41. The third-order valence-electron chi connectivity index (χ3n) is 6.05. The van der Waals surface area contributed by atoms with E-state index in [1.54, 1.807) is 13.3 Å². The molecule has 1 aliphatic rings. The van der Waals surface area contributed by atoms with E-state index in [0.717, 1.165) is 36.4 Å². The molecule has 0 bridgehead atoms. The summed E-state index contributed by atoms with van der Waals surface area (Å²) in [5.41, 5.74) is 4.65. The molecule has 7 heteroatoms. The first-order valence-corrected chi connectivity index (χ1v) is 10.6. The number of piperazine rings is 1. The van der Waals surface area contributed by atoms with Gasteiger partial charge in [-0.2, -0.15) is 0 Å². The SMILES string of the molecule is COc1cc(-n2cnc(CN3C[C@@H](c4ccc5cocc5c4C)N[C@@H](C)C3)c2)ccn1. The van der Waals surface area contributed by atoms with Crippen LogP contribution in [0.2, 0.25) is 0 Å². The summed E-state index contributed by atoms with van der Waals surface area (Å²) >= 11 is 0. The van der Waals surface area contributed by atoms with Crippen molar-refractivity contribution in [3.8, 4) is 11.6 Å². The number of furan rings is 1. The maximum Gasteiger partial charge on any atom is 0.215 e. The molecule has 1 fully saturated rings. The van der Waals surface area contributed by atoms with Crippen LogP contribution in [0.1, 0.15) is 29.8 Å². The third kappa shape index (κ3) is 3.94. The van der Waals surface area contributed by atoms with Crippen molar-refractivity contribution >= 4 is 10.8 Å². The minimum Gasteiger partial charge on any atom is -0.481 e. The lowest BCUT2D eigenvalue weighted by atomic mass is 9.95. The summed E-state index contributed by atoms with van der Waals surface area (Å²) in [7, 11) is 1.62. The molecule has 0 aliphatic carbocycles. The molecule has 0 spiro atoms. The predicted molar refractivity (Wildman–Crippen MR) is 119 cm³/mol. The van der Waals surface area contributed by atoms with Crippen LogP contribution in [0, 0.1) is 6.92 Å². The van der Waals surface area contributed by atoms with Crippen LogP contribution in [0.4, 0.5) is 0 Å². The first kappa shape index (κ1) is 19.8. The Bertz CT molecular complexity index is 1200. The molecule has 1 N–H and O–H groups in total. The molecule has 2 atom stereocenters. The fourth-order valence-corrected chi connectivity index (χ4v) is 4.55. The van der Waals surface area contributed by atoms with E-state index >= 15 is 0 Å². The zero-order valence-corrected chi connectivity index (χ0v) is 18.1. The molecule has 0 amide bonds. The molecular weight excluding hydrogens is 390 g/mol. The Balaban J connectivity index is 1.34. The number of rotatable bonds is 5. The lowest BCUT2D eigenvalue weighted by Gasteiger charge is -2.38. The molecule has 31 heavy (non-hydrogen) atoms. The van der Waals surface area contributed by atoms with Crippen molar-refractivity contribution in [1.29, 1.82) is 0 Å². The summed E-state index contributed by atoms with van der Waals surface area (Å²) in [5, 5.41) is 6.11. The van der Waals surface area contributed by atoms with Crippen molar-refractivity contribution < 1.29 is 9.15 Å². The van der Waals surface area contributed by atoms with E-state index in [-0.39, 0.29) is 6.04 Å². The van der Waals surface area contributed by atoms with Gasteiger partial charge in [0, 0.05) is 61.0 Å². The summed E-state index contributed by atoms with van der Waals surface area (Å²) in [5.74, 6) is 0.594. The topological polar surface area (TPSA) is 68.3 Å². The van der Waals surface area contributed by atoms with Gasteiger partial charge in [-0.05, 0) is 31.0 Å². The number of hydrogen-bond donors (Lipinski definition) is 1. The molecule has 1 aliphatic heterocycles. The molecule has 0 radical (unpaired) electrons. The van der Waals surface area contributed by atoms with E-state index in [1.165, 1.54) is 16.5 Å². The molecule has 7 nitrogen and oxygen atoms in total. The number of methoxy groups -OCH3 is 1. The van der Waals surface area contributed by atoms with Crippen LogP contribution in [-0.4, -0.2) is 45.7 Å². The van der Waals surface area contributed by atoms with E-state index in [2.05, 4.69) is 52.4 Å². The second kappa shape index (κ2) is 8.17. The van der Waals surface area contributed by atoms with E-state index in [1.807, 2.05) is 35.6 Å². The lowest BCUT2D eigenvalue weighted by molar-refractivity contribution is 0.158. The minimum absolute atomic E-state index is 0.273. The smallest absolute Gasteiger partial charge is 0.215 e. The van der Waals surface area contributed by atoms with Crippen LogP contribution in [0.15, 0.2) is 59.9 Å². The van der Waals surface area contributed by atoms with Crippen LogP contribution in [0.25, 0.3) is 16.5 Å². The highest BCUT2D eigenvalue weighted by Gasteiger charge is 2.27. The average molecular weight is 418 g/mol. The number of aryl methyl sites for hydroxylation is 1. The zero-order valence-electron chi connectivity index (χ0n) is 18.1. The van der Waals surface area contributed by atoms with Gasteiger partial charge in [-0.3, -0.25) is 4.90 Å². The monoisotopic (exact) mass is 417 g/mol. The lowest BCUT2D eigenvalue weighted by Crippen LogP contribution is -2.50. The van der Waals surface area contributed by atoms with E-state index in [4.69, 9.17) is 9.15 Å². The summed E-state index contributed by atoms with van der Waals surface area (Å²) in [6, 6.07) is 8.90. The molecule has 4 aromatic rings. The summed E-state index contributed by atoms with van der Waals surface area (Å²) < 4.78 is 12.7. The highest BCUT2D eigenvalue weighted by atomic mass is 16.5. The van der Waals surface area contributed by atoms with Crippen LogP contribution in [0.5, 0.6) is 5.88 Å². The van der Waals surface area contributed by atoms with Gasteiger partial charge in [0.2, 0.25) is 5.88 Å². The fraction of sp³-hybridized carbons (Fsp3) is 0.333. The quantitative estimate of drug-likeness (QED) is 0.532. The van der Waals surface area contributed by atoms with Gasteiger partial charge in [-0.25, -0.2) is 9.97 Å². The Kier molecular flexibility index (Phi) is 5.21. The molecular formula is C24H27N5O2. The number of nitrogens with one attached hydrogen (secondary N) is 1. The van der Waals surface area contributed by atoms with E-state index in [0.29, 0.717) is 11.9 Å². The second-order valence-electron chi connectivity index (χ2n) is 8.30. The molecule has 0 unspecified atom stereocenters. The van der Waals surface area contributed by atoms with Gasteiger partial charge in [-0.15, -0.1) is 0 Å². The highest BCUT2D eigenvalue weighted by molar-refractivity contribution is 5.85. The van der Waals surface area contributed by atoms with Gasteiger partial charge in [0.05, 0.1) is 37.3 Å². The number of benzene rings is 1. The van der Waals surface area contributed by atoms with Crippen LogP contribution in [0.3, 0.4) is 0 Å². The number of aromatic nitrogens is 3. The van der Waals surface area contributed by atoms with Gasteiger partial charge >= 0.3 is 0 Å². The number of pyridine rings is 1. The van der Waals surface area contributed by atoms with Crippen molar-refractivity contribution in [2.75, 3.05) is 20.2 Å². The zero-order chi connectivity index (χ0) is 21.4. The van der Waals surface area contributed by atoms with Crippen molar-refractivity contribution in [3.05, 3.63) is 72.3 Å². The second-order valence-corrected chi connectivity index (χ2v) is 8.30. The standard InChI is InChI=1S/C24H27N5O2/c1-16-9-28(10-19-11-29(15-26-19)20-6-7-25-24(8-20)30-3)12-23(27-16)21-5-4-18-13-31-14-22(18)17(21)2/h4-8,11,13-16,23,27H,9-10,12H2,1-3H3/t16-,23-/m0/s1. The number of nitrogens with zero attached hydrogens (tertiary/aromatic N) is 4. The first-order chi connectivity index (χ1) is 15.1. The molecule has 1 aromatic carbocycles. The molecule has 1 saturated heterocycles. The Labute approximate surface area is 181 Å². The number of fused-ring (bicyclic) bond motifs is 1. The van der Waals surface area contributed by atoms with Crippen molar-refractivity contribution in [1.82, 2.24) is 24.8 Å². The molecule has 3 aromatic heterocycles. The Morgan fingerprint density at radius 1 is 1.19 bits per heavy atom. The van der Waals surface area contributed by atoms with Gasteiger partial charge in [-0.1, -0.05) is 12.1 Å². The van der Waals surface area contributed by atoms with Gasteiger partial charge < -0.3 is 19.0 Å². The van der Waals surface area contributed by atoms with Crippen LogP contribution < -0.4 is 10.1 Å². The molecule has 0 saturated carbocycles. The highest BCUT2D eigenvalue weighted by Crippen LogP contribution is 2.29. The van der Waals surface area contributed by atoms with Gasteiger partial charge in [0.1, 0.15) is 0 Å². The third-order valence-corrected chi connectivity index (χ3v) is 6.05. The van der Waals surface area contributed by atoms with Gasteiger partial charge in [0.15, 0.2) is 0 Å². The molecule has 160 valence electrons. The van der Waals surface area contributed by atoms with Crippen molar-refractivity contribution in [2.24, 2.45) is 0 Å². The minimum atomic E-state index is 0.273. The van der Waals surface area contributed by atoms with E-state index in [9.17, 15) is 0 Å². The average Bonchev–Trinajstić information content (AvgIpc) is 3.44. The number of imidazole rings is 1. The molecule has 5 rings (SSSR count). The van der Waals surface area contributed by atoms with E-state index < -0.39 is 0 Å². The fourth-order valence-electron chi connectivity index (χ4n) is 4.55. The number of ether oxygens (including phenoxy) is 1. The summed E-state index contributed by atoms with van der Waals surface area (Å²) in [6.45, 7) is 7.16. The Morgan fingerprint density at radius 3 is 2.97 bits per heavy atom. The Morgan fingerprint density at radius 2 is 2.10 bits per heavy atom. The predicted octanol–water partition coefficient (Wildman–Crippen LogP) is 3.87. The molecule has 4 heterocycles. The van der Waals surface area contributed by atoms with Crippen molar-refractivity contribution in [2.45, 2.75) is 32.5 Å².